The summed E-state index contributed by atoms with van der Waals surface area (Å²) in [5.41, 5.74) is 7.87. The molecule has 116 valence electrons. The zero-order chi connectivity index (χ0) is 16.0. The zero-order valence-electron chi connectivity index (χ0n) is 13.5. The monoisotopic (exact) mass is 305 g/mol. The summed E-state index contributed by atoms with van der Waals surface area (Å²) in [4.78, 5) is 7.96. The standard InChI is InChI=1S/C19H19N3O/c1-11-8-14(18-15(9-11)12(2)13(3)21-18)10-20-19-22-16-6-4-5-7-17(16)23-19/h4-9,21H,10H2,1-3H3,(H,20,22). The molecule has 0 spiro atoms. The van der Waals surface area contributed by atoms with Gasteiger partial charge < -0.3 is 14.7 Å². The van der Waals surface area contributed by atoms with Crippen LogP contribution in [0, 0.1) is 20.8 Å². The first-order valence-corrected chi connectivity index (χ1v) is 7.79. The van der Waals surface area contributed by atoms with Crippen LogP contribution in [0.15, 0.2) is 40.8 Å². The van der Waals surface area contributed by atoms with Gasteiger partial charge in [-0.2, -0.15) is 4.98 Å². The van der Waals surface area contributed by atoms with Crippen LogP contribution in [-0.4, -0.2) is 9.97 Å². The molecular formula is C19H19N3O. The third-order valence-corrected chi connectivity index (χ3v) is 4.37. The number of hydrogen-bond acceptors (Lipinski definition) is 3. The number of rotatable bonds is 3. The van der Waals surface area contributed by atoms with E-state index in [9.17, 15) is 0 Å². The molecule has 4 nitrogen and oxygen atoms in total. The van der Waals surface area contributed by atoms with Crippen molar-refractivity contribution in [2.45, 2.75) is 27.3 Å². The molecule has 4 heteroatoms. The van der Waals surface area contributed by atoms with Crippen molar-refractivity contribution in [2.75, 3.05) is 5.32 Å². The summed E-state index contributed by atoms with van der Waals surface area (Å²) in [6.45, 7) is 7.07. The molecule has 0 aliphatic heterocycles. The number of oxazole rings is 1. The summed E-state index contributed by atoms with van der Waals surface area (Å²) in [5.74, 6) is 0. The fourth-order valence-corrected chi connectivity index (χ4v) is 3.05. The van der Waals surface area contributed by atoms with Gasteiger partial charge in [0.05, 0.1) is 5.52 Å². The van der Waals surface area contributed by atoms with Crippen LogP contribution in [0.1, 0.15) is 22.4 Å². The topological polar surface area (TPSA) is 53.9 Å². The molecule has 0 amide bonds. The minimum Gasteiger partial charge on any atom is -0.424 e. The minimum atomic E-state index is 0.556. The molecule has 0 atom stereocenters. The molecule has 0 bridgehead atoms. The molecular weight excluding hydrogens is 286 g/mol. The first-order valence-electron chi connectivity index (χ1n) is 7.79. The average Bonchev–Trinajstić information content (AvgIpc) is 3.07. The summed E-state index contributed by atoms with van der Waals surface area (Å²) in [6.07, 6.45) is 0. The summed E-state index contributed by atoms with van der Waals surface area (Å²) >= 11 is 0. The zero-order valence-corrected chi connectivity index (χ0v) is 13.5. The molecule has 0 radical (unpaired) electrons. The van der Waals surface area contributed by atoms with E-state index in [-0.39, 0.29) is 0 Å². The lowest BCUT2D eigenvalue weighted by molar-refractivity contribution is 0.614. The van der Waals surface area contributed by atoms with E-state index in [4.69, 9.17) is 4.42 Å². The number of H-pyrrole nitrogens is 1. The first kappa shape index (κ1) is 13.9. The maximum absolute atomic E-state index is 5.73. The van der Waals surface area contributed by atoms with E-state index in [1.54, 1.807) is 0 Å². The molecule has 23 heavy (non-hydrogen) atoms. The molecule has 2 heterocycles. The smallest absolute Gasteiger partial charge is 0.295 e. The maximum atomic E-state index is 5.73. The SMILES string of the molecule is Cc1cc(CNc2nc3ccccc3o2)c2[nH]c(C)c(C)c2c1. The lowest BCUT2D eigenvalue weighted by Gasteiger charge is -2.06. The molecule has 0 fully saturated rings. The number of benzene rings is 2. The van der Waals surface area contributed by atoms with Crippen LogP contribution in [0.4, 0.5) is 6.01 Å². The highest BCUT2D eigenvalue weighted by molar-refractivity contribution is 5.88. The van der Waals surface area contributed by atoms with Crippen molar-refractivity contribution in [3.05, 3.63) is 58.8 Å². The van der Waals surface area contributed by atoms with Crippen molar-refractivity contribution in [2.24, 2.45) is 0 Å². The van der Waals surface area contributed by atoms with E-state index in [1.807, 2.05) is 24.3 Å². The van der Waals surface area contributed by atoms with Gasteiger partial charge in [0.1, 0.15) is 5.52 Å². The van der Waals surface area contributed by atoms with Crippen LogP contribution in [0.5, 0.6) is 0 Å². The van der Waals surface area contributed by atoms with Gasteiger partial charge in [-0.25, -0.2) is 0 Å². The molecule has 4 rings (SSSR count). The van der Waals surface area contributed by atoms with Crippen LogP contribution in [0.2, 0.25) is 0 Å². The Hall–Kier alpha value is -2.75. The van der Waals surface area contributed by atoms with Crippen molar-refractivity contribution < 1.29 is 4.42 Å². The van der Waals surface area contributed by atoms with Crippen molar-refractivity contribution in [3.8, 4) is 0 Å². The molecule has 4 aromatic rings. The molecule has 2 aromatic heterocycles. The predicted octanol–water partition coefficient (Wildman–Crippen LogP) is 4.85. The number of aromatic amines is 1. The Balaban J connectivity index is 1.68. The van der Waals surface area contributed by atoms with Crippen molar-refractivity contribution in [3.63, 3.8) is 0 Å². The summed E-state index contributed by atoms with van der Waals surface area (Å²) in [7, 11) is 0. The molecule has 0 aliphatic rings. The van der Waals surface area contributed by atoms with Crippen LogP contribution in [0.3, 0.4) is 0 Å². The second kappa shape index (κ2) is 5.16. The van der Waals surface area contributed by atoms with Gasteiger partial charge in [-0.15, -0.1) is 0 Å². The van der Waals surface area contributed by atoms with E-state index in [0.29, 0.717) is 12.6 Å². The molecule has 2 aromatic carbocycles. The summed E-state index contributed by atoms with van der Waals surface area (Å²) in [5, 5.41) is 4.59. The van der Waals surface area contributed by atoms with Gasteiger partial charge in [0.2, 0.25) is 0 Å². The molecule has 0 saturated heterocycles. The van der Waals surface area contributed by atoms with Crippen molar-refractivity contribution in [1.82, 2.24) is 9.97 Å². The number of aryl methyl sites for hydroxylation is 3. The highest BCUT2D eigenvalue weighted by Crippen LogP contribution is 2.27. The van der Waals surface area contributed by atoms with E-state index >= 15 is 0 Å². The Morgan fingerprint density at radius 1 is 1.13 bits per heavy atom. The second-order valence-corrected chi connectivity index (χ2v) is 6.06. The normalized spacial score (nSPS) is 11.4. The van der Waals surface area contributed by atoms with E-state index in [0.717, 1.165) is 11.1 Å². The van der Waals surface area contributed by atoms with E-state index < -0.39 is 0 Å². The third-order valence-electron chi connectivity index (χ3n) is 4.37. The van der Waals surface area contributed by atoms with Crippen LogP contribution in [0.25, 0.3) is 22.0 Å². The number of anilines is 1. The average molecular weight is 305 g/mol. The van der Waals surface area contributed by atoms with Crippen molar-refractivity contribution >= 4 is 28.0 Å². The molecule has 2 N–H and O–H groups in total. The van der Waals surface area contributed by atoms with Crippen LogP contribution in [-0.2, 0) is 6.54 Å². The summed E-state index contributed by atoms with van der Waals surface area (Å²) < 4.78 is 5.73. The largest absolute Gasteiger partial charge is 0.424 e. The summed E-state index contributed by atoms with van der Waals surface area (Å²) in [6, 6.07) is 12.8. The Morgan fingerprint density at radius 2 is 1.96 bits per heavy atom. The van der Waals surface area contributed by atoms with Crippen LogP contribution < -0.4 is 5.32 Å². The maximum Gasteiger partial charge on any atom is 0.295 e. The molecule has 0 unspecified atom stereocenters. The van der Waals surface area contributed by atoms with Gasteiger partial charge in [0.25, 0.3) is 6.01 Å². The van der Waals surface area contributed by atoms with Gasteiger partial charge in [-0.3, -0.25) is 0 Å². The number of nitrogens with zero attached hydrogens (tertiary/aromatic N) is 1. The Labute approximate surface area is 134 Å². The number of para-hydroxylation sites is 2. The van der Waals surface area contributed by atoms with Gasteiger partial charge in [-0.1, -0.05) is 23.8 Å². The van der Waals surface area contributed by atoms with E-state index in [2.05, 4.69) is 48.2 Å². The Morgan fingerprint density at radius 3 is 2.78 bits per heavy atom. The third kappa shape index (κ3) is 2.36. The number of fused-ring (bicyclic) bond motifs is 2. The Bertz CT molecular complexity index is 977. The molecule has 0 saturated carbocycles. The second-order valence-electron chi connectivity index (χ2n) is 6.06. The number of hydrogen-bond donors (Lipinski definition) is 2. The minimum absolute atomic E-state index is 0.556. The van der Waals surface area contributed by atoms with Gasteiger partial charge in [0.15, 0.2) is 5.58 Å². The number of nitrogens with one attached hydrogen (secondary N) is 2. The Kier molecular flexibility index (Phi) is 3.11. The molecule has 0 aliphatic carbocycles. The highest BCUT2D eigenvalue weighted by Gasteiger charge is 2.11. The van der Waals surface area contributed by atoms with Crippen LogP contribution >= 0.6 is 0 Å². The van der Waals surface area contributed by atoms with Crippen molar-refractivity contribution in [1.29, 1.82) is 0 Å². The van der Waals surface area contributed by atoms with Gasteiger partial charge in [-0.05, 0) is 50.1 Å². The number of aromatic nitrogens is 2. The predicted molar refractivity (Wildman–Crippen MR) is 93.8 cm³/mol. The quantitative estimate of drug-likeness (QED) is 0.569. The highest BCUT2D eigenvalue weighted by atomic mass is 16.4. The first-order chi connectivity index (χ1) is 11.1. The fourth-order valence-electron chi connectivity index (χ4n) is 3.05. The fraction of sp³-hybridized carbons (Fsp3) is 0.211. The lowest BCUT2D eigenvalue weighted by atomic mass is 10.0. The van der Waals surface area contributed by atoms with Gasteiger partial charge in [0, 0.05) is 17.6 Å². The van der Waals surface area contributed by atoms with E-state index in [1.165, 1.54) is 33.3 Å². The van der Waals surface area contributed by atoms with Gasteiger partial charge >= 0.3 is 0 Å². The lowest BCUT2D eigenvalue weighted by Crippen LogP contribution is -2.01.